The zero-order valence-electron chi connectivity index (χ0n) is 37.9. The van der Waals surface area contributed by atoms with E-state index in [9.17, 15) is 28.7 Å². The molecule has 0 unspecified atom stereocenters. The van der Waals surface area contributed by atoms with Crippen molar-refractivity contribution < 1.29 is 28.5 Å². The summed E-state index contributed by atoms with van der Waals surface area (Å²) in [6, 6.07) is 50.1. The number of aromatic nitrogens is 2. The minimum absolute atomic E-state index is 0.0193. The van der Waals surface area contributed by atoms with Crippen LogP contribution in [0.3, 0.4) is 0 Å². The van der Waals surface area contributed by atoms with Crippen LogP contribution in [0.15, 0.2) is 158 Å². The van der Waals surface area contributed by atoms with Crippen molar-refractivity contribution >= 4 is 41.7 Å². The summed E-state index contributed by atoms with van der Waals surface area (Å²) in [5, 5.41) is 39.6. The van der Waals surface area contributed by atoms with Crippen LogP contribution in [-0.2, 0) is 12.8 Å². The number of carboxylic acid groups (broad SMARTS) is 1. The normalized spacial score (nSPS) is 11.3. The molecule has 1 radical (unpaired) electrons. The van der Waals surface area contributed by atoms with Gasteiger partial charge < -0.3 is 21.2 Å². The van der Waals surface area contributed by atoms with Crippen LogP contribution < -0.4 is 11.1 Å². The van der Waals surface area contributed by atoms with Crippen molar-refractivity contribution in [2.45, 2.75) is 51.6 Å². The Morgan fingerprint density at radius 2 is 1.10 bits per heavy atom. The highest BCUT2D eigenvalue weighted by Crippen LogP contribution is 2.33. The molecule has 0 bridgehead atoms. The third kappa shape index (κ3) is 12.6. The van der Waals surface area contributed by atoms with E-state index in [1.807, 2.05) is 85.8 Å². The second-order valence-electron chi connectivity index (χ2n) is 14.9. The number of halogens is 2. The monoisotopic (exact) mass is 895 g/mol. The Kier molecular flexibility index (Phi) is 17.9. The number of hydrogen-bond acceptors (Lipinski definition) is 8. The van der Waals surface area contributed by atoms with Gasteiger partial charge in [-0.05, 0) is 60.4 Å². The molecular formula is C54H48BF2N6O4. The predicted molar refractivity (Wildman–Crippen MR) is 260 cm³/mol. The summed E-state index contributed by atoms with van der Waals surface area (Å²) in [5.41, 5.74) is 12.1. The molecule has 0 saturated heterocycles. The summed E-state index contributed by atoms with van der Waals surface area (Å²) in [4.78, 5) is 34.5. The van der Waals surface area contributed by atoms with Crippen molar-refractivity contribution in [1.82, 2.24) is 15.3 Å². The van der Waals surface area contributed by atoms with Gasteiger partial charge in [0.2, 0.25) is 0 Å². The number of fused-ring (bicyclic) bond motifs is 2. The van der Waals surface area contributed by atoms with Gasteiger partial charge in [0.05, 0.1) is 64.6 Å². The maximum atomic E-state index is 14.0. The van der Waals surface area contributed by atoms with Gasteiger partial charge in [-0.15, -0.1) is 0 Å². The molecule has 1 amide bonds. The van der Waals surface area contributed by atoms with Gasteiger partial charge >= 0.3 is 5.97 Å². The molecule has 67 heavy (non-hydrogen) atoms. The Labute approximate surface area is 390 Å². The fraction of sp³-hybridized carbons (Fsp3) is 0.148. The molecule has 8 rings (SSSR count). The van der Waals surface area contributed by atoms with E-state index >= 15 is 0 Å². The van der Waals surface area contributed by atoms with Crippen molar-refractivity contribution in [2.75, 3.05) is 0 Å². The molecule has 2 atom stereocenters. The number of carbonyl (C=O) groups excluding carboxylic acids is 1. The van der Waals surface area contributed by atoms with E-state index in [4.69, 9.17) is 22.3 Å². The van der Waals surface area contributed by atoms with Crippen molar-refractivity contribution in [1.29, 1.82) is 11.9 Å². The van der Waals surface area contributed by atoms with Crippen LogP contribution in [-0.4, -0.2) is 41.3 Å². The number of nitrogens with zero attached hydrogens (tertiary/aromatic N) is 4. The van der Waals surface area contributed by atoms with Crippen LogP contribution in [0.5, 0.6) is 0 Å². The van der Waals surface area contributed by atoms with Crippen molar-refractivity contribution in [3.05, 3.63) is 203 Å². The number of pyridine rings is 2. The van der Waals surface area contributed by atoms with Gasteiger partial charge in [0.15, 0.2) is 0 Å². The quantitative estimate of drug-likeness (QED) is 0.0917. The van der Waals surface area contributed by atoms with Crippen LogP contribution in [0, 0.1) is 34.3 Å². The standard InChI is InChI=1S/C27H22FN3O.C18H11FN2O2.C9H13N.BH2O/c1-2-23(18-9-4-3-5-10-18)31-27(32)25-21-13-6-7-14-24(21)30-26(22(25)15-16-29)19-11-8-12-20(28)17-19;19-12-5-3-4-11(10-12)17-14(8-9-20)16(18(22)23)13-6-1-2-7-15(13)21-17;1-2-9(10)8-6-4-3-5-7-8;1-2/h3-14,17,23H,2,15H2,1H3,(H,31,32);1-7,10H,8H2,(H,22,23);3-7,9H,2,10H2,1H3;1-2H/t23-;;9-;/m0.0./s1/i;;;1T. The van der Waals surface area contributed by atoms with Gasteiger partial charge in [-0.2, -0.15) is 10.5 Å². The van der Waals surface area contributed by atoms with Crippen molar-refractivity contribution in [3.63, 3.8) is 0 Å². The van der Waals surface area contributed by atoms with Crippen LogP contribution in [0.4, 0.5) is 8.78 Å². The Morgan fingerprint density at radius 3 is 1.54 bits per heavy atom. The number of nitrogens with two attached hydrogens (primary N) is 1. The fourth-order valence-corrected chi connectivity index (χ4v) is 7.53. The molecule has 0 spiro atoms. The Morgan fingerprint density at radius 1 is 0.672 bits per heavy atom. The summed E-state index contributed by atoms with van der Waals surface area (Å²) in [6.45, 7) is 4.11. The number of nitriles is 2. The number of carbonyl (C=O) groups is 2. The minimum Gasteiger partial charge on any atom is -0.478 e. The first-order valence-corrected chi connectivity index (χ1v) is 21.3. The SMILES string of the molecule is CC[C@H](N)c1ccccc1.CC[C@H](NC(=O)c1c(CC#N)c(-c2cccc(F)c2)nc2ccccc12)c1ccccc1.N#CCc1c(-c2cccc(F)c2)nc2ccccc2c1C(=O)O.[3H][B]O. The van der Waals surface area contributed by atoms with E-state index in [2.05, 4.69) is 35.4 Å². The van der Waals surface area contributed by atoms with E-state index in [-0.39, 0.29) is 44.4 Å². The lowest BCUT2D eigenvalue weighted by Gasteiger charge is -2.20. The third-order valence-electron chi connectivity index (χ3n) is 10.7. The minimum atomic E-state index is -1.13. The zero-order valence-corrected chi connectivity index (χ0v) is 36.9. The molecule has 10 nitrogen and oxygen atoms in total. The summed E-state index contributed by atoms with van der Waals surface area (Å²) < 4.78 is 33.2. The Hall–Kier alpha value is -8.10. The highest BCUT2D eigenvalue weighted by molar-refractivity contribution is 6.09. The molecule has 0 aliphatic carbocycles. The summed E-state index contributed by atoms with van der Waals surface area (Å²) in [7, 11) is 0.250. The summed E-state index contributed by atoms with van der Waals surface area (Å²) >= 11 is 0. The highest BCUT2D eigenvalue weighted by Gasteiger charge is 2.24. The molecule has 2 aromatic heterocycles. The molecule has 0 saturated carbocycles. The number of hydrogen-bond donors (Lipinski definition) is 4. The number of aromatic carboxylic acids is 1. The predicted octanol–water partition coefficient (Wildman–Crippen LogP) is 10.7. The summed E-state index contributed by atoms with van der Waals surface area (Å²) in [6.07, 6.45) is 1.58. The maximum absolute atomic E-state index is 14.0. The van der Waals surface area contributed by atoms with Crippen LogP contribution >= 0.6 is 0 Å². The second kappa shape index (κ2) is 24.8. The first-order valence-electron chi connectivity index (χ1n) is 21.9. The molecule has 8 aromatic rings. The molecule has 335 valence electrons. The van der Waals surface area contributed by atoms with E-state index in [1.54, 1.807) is 42.5 Å². The third-order valence-corrected chi connectivity index (χ3v) is 10.7. The number of para-hydroxylation sites is 2. The first kappa shape index (κ1) is 48.4. The summed E-state index contributed by atoms with van der Waals surface area (Å²) in [5.74, 6) is -2.26. The molecule has 2 heterocycles. The smallest absolute Gasteiger partial charge is 0.336 e. The van der Waals surface area contributed by atoms with Gasteiger partial charge in [-0.3, -0.25) is 4.79 Å². The second-order valence-corrected chi connectivity index (χ2v) is 14.9. The van der Waals surface area contributed by atoms with Gasteiger partial charge in [-0.25, -0.2) is 23.5 Å². The largest absolute Gasteiger partial charge is 0.478 e. The van der Waals surface area contributed by atoms with E-state index in [0.29, 0.717) is 67.4 Å². The Bertz CT molecular complexity index is 3060. The molecule has 6 aromatic carbocycles. The van der Waals surface area contributed by atoms with Crippen LogP contribution in [0.25, 0.3) is 44.3 Å². The number of amides is 1. The maximum Gasteiger partial charge on any atom is 0.336 e. The molecule has 0 fully saturated rings. The molecule has 13 heteroatoms. The number of nitrogens with one attached hydrogen (secondary N) is 1. The lowest BCUT2D eigenvalue weighted by Crippen LogP contribution is -2.29. The topological polar surface area (TPSA) is 186 Å². The van der Waals surface area contributed by atoms with Crippen molar-refractivity contribution in [3.8, 4) is 34.7 Å². The van der Waals surface area contributed by atoms with Gasteiger partial charge in [0, 0.05) is 40.4 Å². The highest BCUT2D eigenvalue weighted by atomic mass is 19.1. The van der Waals surface area contributed by atoms with Gasteiger partial charge in [0.25, 0.3) is 13.9 Å². The number of carboxylic acids is 1. The molecule has 5 N–H and O–H groups in total. The molecule has 0 aliphatic heterocycles. The number of benzene rings is 6. The van der Waals surface area contributed by atoms with Gasteiger partial charge in [-0.1, -0.05) is 135 Å². The van der Waals surface area contributed by atoms with E-state index in [0.717, 1.165) is 12.0 Å². The number of rotatable bonds is 11. The van der Waals surface area contributed by atoms with Crippen LogP contribution in [0.1, 0.15) is 81.7 Å². The van der Waals surface area contributed by atoms with Crippen molar-refractivity contribution in [2.24, 2.45) is 5.73 Å². The average Bonchev–Trinajstić information content (AvgIpc) is 3.36. The molecular weight excluding hydrogens is 845 g/mol. The average molecular weight is 896 g/mol. The lowest BCUT2D eigenvalue weighted by molar-refractivity contribution is 0.0697. The first-order chi connectivity index (χ1) is 33.0. The Balaban J connectivity index is 0.000000208. The lowest BCUT2D eigenvalue weighted by atomic mass is 9.93. The van der Waals surface area contributed by atoms with E-state index in [1.165, 1.54) is 35.9 Å². The van der Waals surface area contributed by atoms with Gasteiger partial charge in [0.1, 0.15) is 11.6 Å². The molecule has 0 aliphatic rings. The fourth-order valence-electron chi connectivity index (χ4n) is 7.53. The van der Waals surface area contributed by atoms with E-state index < -0.39 is 17.6 Å². The zero-order chi connectivity index (χ0) is 49.0. The van der Waals surface area contributed by atoms with Crippen LogP contribution in [0.2, 0.25) is 0 Å².